The predicted octanol–water partition coefficient (Wildman–Crippen LogP) is 0.164. The van der Waals surface area contributed by atoms with Crippen molar-refractivity contribution in [2.24, 2.45) is 11.5 Å². The van der Waals surface area contributed by atoms with E-state index in [1.165, 1.54) is 11.1 Å². The van der Waals surface area contributed by atoms with Gasteiger partial charge in [0.1, 0.15) is 0 Å². The normalized spacial score (nSPS) is 15.7. The molecule has 0 spiro atoms. The summed E-state index contributed by atoms with van der Waals surface area (Å²) in [6, 6.07) is 7.41. The average molecular weight is 261 g/mol. The first-order valence-corrected chi connectivity index (χ1v) is 6.47. The van der Waals surface area contributed by atoms with Crippen molar-refractivity contribution >= 4 is 11.8 Å². The zero-order valence-corrected chi connectivity index (χ0v) is 10.8. The molecule has 1 aliphatic rings. The summed E-state index contributed by atoms with van der Waals surface area (Å²) in [5.74, 6) is -0.525. The summed E-state index contributed by atoms with van der Waals surface area (Å²) in [4.78, 5) is 24.7. The van der Waals surface area contributed by atoms with Crippen LogP contribution < -0.4 is 11.5 Å². The first-order chi connectivity index (χ1) is 9.08. The number of rotatable bonds is 4. The van der Waals surface area contributed by atoms with Gasteiger partial charge in [-0.3, -0.25) is 9.59 Å². The molecule has 5 heteroatoms. The molecule has 2 amide bonds. The third-order valence-electron chi connectivity index (χ3n) is 3.52. The molecule has 0 saturated carbocycles. The quantitative estimate of drug-likeness (QED) is 0.809. The van der Waals surface area contributed by atoms with Gasteiger partial charge in [0.05, 0.1) is 6.04 Å². The Bertz CT molecular complexity index is 487. The maximum atomic E-state index is 12.1. The number of benzene rings is 1. The third kappa shape index (κ3) is 3.32. The van der Waals surface area contributed by atoms with Gasteiger partial charge in [0.25, 0.3) is 0 Å². The van der Waals surface area contributed by atoms with E-state index in [-0.39, 0.29) is 12.3 Å². The number of primary amides is 1. The summed E-state index contributed by atoms with van der Waals surface area (Å²) in [5, 5.41) is 0. The summed E-state index contributed by atoms with van der Waals surface area (Å²) in [7, 11) is 0. The second-order valence-corrected chi connectivity index (χ2v) is 4.88. The number of fused-ring (bicyclic) bond motifs is 1. The van der Waals surface area contributed by atoms with E-state index < -0.39 is 11.9 Å². The molecule has 0 aliphatic carbocycles. The average Bonchev–Trinajstić information content (AvgIpc) is 2.43. The number of nitrogens with two attached hydrogens (primary N) is 2. The lowest BCUT2D eigenvalue weighted by atomic mass is 9.99. The summed E-state index contributed by atoms with van der Waals surface area (Å²) in [6.07, 6.45) is 1.46. The smallest absolute Gasteiger partial charge is 0.234 e. The SMILES string of the molecule is NC(=O)[C@@H](N)CCC(=O)N1CCc2ccccc2C1. The lowest BCUT2D eigenvalue weighted by Gasteiger charge is -2.29. The molecule has 102 valence electrons. The van der Waals surface area contributed by atoms with Crippen LogP contribution in [0.25, 0.3) is 0 Å². The number of amides is 2. The third-order valence-corrected chi connectivity index (χ3v) is 3.52. The van der Waals surface area contributed by atoms with Gasteiger partial charge in [0, 0.05) is 19.5 Å². The van der Waals surface area contributed by atoms with Crippen LogP contribution in [0.4, 0.5) is 0 Å². The van der Waals surface area contributed by atoms with Crippen molar-refractivity contribution in [3.8, 4) is 0 Å². The molecule has 0 fully saturated rings. The van der Waals surface area contributed by atoms with E-state index in [9.17, 15) is 9.59 Å². The van der Waals surface area contributed by atoms with Crippen molar-refractivity contribution in [1.29, 1.82) is 0 Å². The summed E-state index contributed by atoms with van der Waals surface area (Å²) < 4.78 is 0. The molecule has 0 bridgehead atoms. The van der Waals surface area contributed by atoms with Gasteiger partial charge in [0.15, 0.2) is 0 Å². The number of hydrogen-bond donors (Lipinski definition) is 2. The largest absolute Gasteiger partial charge is 0.368 e. The summed E-state index contributed by atoms with van der Waals surface area (Å²) >= 11 is 0. The Morgan fingerprint density at radius 3 is 2.63 bits per heavy atom. The molecule has 2 rings (SSSR count). The highest BCUT2D eigenvalue weighted by Gasteiger charge is 2.21. The van der Waals surface area contributed by atoms with E-state index in [1.807, 2.05) is 23.1 Å². The zero-order chi connectivity index (χ0) is 13.8. The van der Waals surface area contributed by atoms with Crippen molar-refractivity contribution < 1.29 is 9.59 Å². The van der Waals surface area contributed by atoms with Crippen LogP contribution in [-0.4, -0.2) is 29.3 Å². The zero-order valence-electron chi connectivity index (χ0n) is 10.8. The Kier molecular flexibility index (Phi) is 4.16. The van der Waals surface area contributed by atoms with E-state index in [2.05, 4.69) is 6.07 Å². The van der Waals surface area contributed by atoms with Crippen LogP contribution in [0.2, 0.25) is 0 Å². The Morgan fingerprint density at radius 1 is 1.26 bits per heavy atom. The first-order valence-electron chi connectivity index (χ1n) is 6.47. The second kappa shape index (κ2) is 5.84. The fraction of sp³-hybridized carbons (Fsp3) is 0.429. The molecule has 1 atom stereocenters. The molecule has 5 nitrogen and oxygen atoms in total. The minimum Gasteiger partial charge on any atom is -0.368 e. The fourth-order valence-corrected chi connectivity index (χ4v) is 2.29. The molecule has 0 aromatic heterocycles. The highest BCUT2D eigenvalue weighted by atomic mass is 16.2. The van der Waals surface area contributed by atoms with Crippen LogP contribution >= 0.6 is 0 Å². The lowest BCUT2D eigenvalue weighted by Crippen LogP contribution is -2.39. The minimum atomic E-state index is -0.735. The second-order valence-electron chi connectivity index (χ2n) is 4.88. The Hall–Kier alpha value is -1.88. The van der Waals surface area contributed by atoms with Gasteiger partial charge in [-0.25, -0.2) is 0 Å². The summed E-state index contributed by atoms with van der Waals surface area (Å²) in [5.41, 5.74) is 13.1. The molecular weight excluding hydrogens is 242 g/mol. The Morgan fingerprint density at radius 2 is 1.95 bits per heavy atom. The van der Waals surface area contributed by atoms with Crippen molar-refractivity contribution in [2.45, 2.75) is 31.8 Å². The van der Waals surface area contributed by atoms with Gasteiger partial charge >= 0.3 is 0 Å². The van der Waals surface area contributed by atoms with Crippen LogP contribution in [0.1, 0.15) is 24.0 Å². The van der Waals surface area contributed by atoms with Crippen molar-refractivity contribution in [1.82, 2.24) is 4.90 Å². The van der Waals surface area contributed by atoms with Crippen LogP contribution in [0.3, 0.4) is 0 Å². The molecule has 1 heterocycles. The molecule has 1 aromatic carbocycles. The van der Waals surface area contributed by atoms with E-state index >= 15 is 0 Å². The number of hydrogen-bond acceptors (Lipinski definition) is 3. The highest BCUT2D eigenvalue weighted by Crippen LogP contribution is 2.19. The lowest BCUT2D eigenvalue weighted by molar-refractivity contribution is -0.132. The van der Waals surface area contributed by atoms with Gasteiger partial charge in [-0.1, -0.05) is 24.3 Å². The van der Waals surface area contributed by atoms with Crippen molar-refractivity contribution in [2.75, 3.05) is 6.54 Å². The Labute approximate surface area is 112 Å². The molecular formula is C14H19N3O2. The van der Waals surface area contributed by atoms with Gasteiger partial charge in [-0.15, -0.1) is 0 Å². The monoisotopic (exact) mass is 261 g/mol. The first kappa shape index (κ1) is 13.5. The highest BCUT2D eigenvalue weighted by molar-refractivity contribution is 5.81. The van der Waals surface area contributed by atoms with Gasteiger partial charge in [0.2, 0.25) is 11.8 Å². The Balaban J connectivity index is 1.90. The molecule has 0 unspecified atom stereocenters. The minimum absolute atomic E-state index is 0.0335. The van der Waals surface area contributed by atoms with Crippen molar-refractivity contribution in [3.05, 3.63) is 35.4 Å². The number of nitrogens with zero attached hydrogens (tertiary/aromatic N) is 1. The summed E-state index contributed by atoms with van der Waals surface area (Å²) in [6.45, 7) is 1.36. The van der Waals surface area contributed by atoms with Crippen LogP contribution in [0.15, 0.2) is 24.3 Å². The molecule has 1 aromatic rings. The van der Waals surface area contributed by atoms with Gasteiger partial charge < -0.3 is 16.4 Å². The maximum absolute atomic E-state index is 12.1. The van der Waals surface area contributed by atoms with Gasteiger partial charge in [-0.05, 0) is 24.0 Å². The maximum Gasteiger partial charge on any atom is 0.234 e. The van der Waals surface area contributed by atoms with E-state index in [0.29, 0.717) is 13.0 Å². The van der Waals surface area contributed by atoms with Crippen LogP contribution in [-0.2, 0) is 22.6 Å². The molecule has 0 saturated heterocycles. The van der Waals surface area contributed by atoms with Gasteiger partial charge in [-0.2, -0.15) is 0 Å². The van der Waals surface area contributed by atoms with E-state index in [1.54, 1.807) is 0 Å². The van der Waals surface area contributed by atoms with E-state index in [4.69, 9.17) is 11.5 Å². The topological polar surface area (TPSA) is 89.4 Å². The van der Waals surface area contributed by atoms with Crippen molar-refractivity contribution in [3.63, 3.8) is 0 Å². The van der Waals surface area contributed by atoms with Crippen LogP contribution in [0.5, 0.6) is 0 Å². The molecule has 19 heavy (non-hydrogen) atoms. The number of carbonyl (C=O) groups excluding carboxylic acids is 2. The predicted molar refractivity (Wildman–Crippen MR) is 72.0 cm³/mol. The standard InChI is InChI=1S/C14H19N3O2/c15-12(14(16)19)5-6-13(18)17-8-7-10-3-1-2-4-11(10)9-17/h1-4,12H,5-9,15H2,(H2,16,19)/t12-/m0/s1. The molecule has 1 aliphatic heterocycles. The molecule has 4 N–H and O–H groups in total. The van der Waals surface area contributed by atoms with Crippen LogP contribution in [0, 0.1) is 0 Å². The fourth-order valence-electron chi connectivity index (χ4n) is 2.29. The number of carbonyl (C=O) groups is 2. The van der Waals surface area contributed by atoms with E-state index in [0.717, 1.165) is 13.0 Å². The molecule has 0 radical (unpaired) electrons.